The van der Waals surface area contributed by atoms with Gasteiger partial charge in [-0.25, -0.2) is 4.99 Å². The summed E-state index contributed by atoms with van der Waals surface area (Å²) in [5.74, 6) is 0.206. The monoisotopic (exact) mass is 499 g/mol. The van der Waals surface area contributed by atoms with Crippen molar-refractivity contribution in [1.29, 1.82) is 0 Å². The molecule has 1 aromatic heterocycles. The number of aryl methyl sites for hydroxylation is 1. The number of aromatic nitrogens is 1. The number of amides is 1. The van der Waals surface area contributed by atoms with Crippen LogP contribution >= 0.6 is 11.6 Å². The Hall–Kier alpha value is -4.10. The second-order valence-corrected chi connectivity index (χ2v) is 8.89. The van der Waals surface area contributed by atoms with Crippen LogP contribution in [-0.2, 0) is 17.8 Å². The maximum Gasteiger partial charge on any atom is 0.302 e. The molecule has 0 saturated heterocycles. The Balaban J connectivity index is 1.44. The number of allylic oxidation sites excluding steroid dienone is 1. The second-order valence-electron chi connectivity index (χ2n) is 8.48. The number of para-hydroxylation sites is 2. The molecule has 182 valence electrons. The number of anilines is 1. The van der Waals surface area contributed by atoms with E-state index in [9.17, 15) is 4.79 Å². The van der Waals surface area contributed by atoms with Gasteiger partial charge in [0.1, 0.15) is 11.6 Å². The largest absolute Gasteiger partial charge is 0.423 e. The van der Waals surface area contributed by atoms with Crippen molar-refractivity contribution in [2.75, 3.05) is 5.32 Å². The number of nitrogens with one attached hydrogen (secondary N) is 3. The quantitative estimate of drug-likeness (QED) is 0.314. The Kier molecular flexibility index (Phi) is 6.73. The molecule has 0 fully saturated rings. The number of benzene rings is 3. The zero-order valence-corrected chi connectivity index (χ0v) is 20.8. The smallest absolute Gasteiger partial charge is 0.302 e. The van der Waals surface area contributed by atoms with Gasteiger partial charge in [-0.1, -0.05) is 73.1 Å². The van der Waals surface area contributed by atoms with Gasteiger partial charge in [-0.2, -0.15) is 4.98 Å². The van der Waals surface area contributed by atoms with Gasteiger partial charge >= 0.3 is 6.01 Å². The fraction of sp³-hybridized carbons (Fsp3) is 0.179. The first-order valence-corrected chi connectivity index (χ1v) is 12.2. The Labute approximate surface area is 214 Å². The molecule has 0 aliphatic carbocycles. The van der Waals surface area contributed by atoms with Crippen LogP contribution in [-0.4, -0.2) is 16.9 Å². The first kappa shape index (κ1) is 23.6. The highest BCUT2D eigenvalue weighted by molar-refractivity contribution is 6.31. The van der Waals surface area contributed by atoms with Crippen molar-refractivity contribution in [3.63, 3.8) is 0 Å². The third kappa shape index (κ3) is 4.83. The van der Waals surface area contributed by atoms with Gasteiger partial charge in [0.15, 0.2) is 5.58 Å². The van der Waals surface area contributed by atoms with Gasteiger partial charge in [-0.3, -0.25) is 10.1 Å². The lowest BCUT2D eigenvalue weighted by molar-refractivity contribution is -0.118. The summed E-state index contributed by atoms with van der Waals surface area (Å²) in [5.41, 5.74) is 5.59. The third-order valence-electron chi connectivity index (χ3n) is 6.14. The van der Waals surface area contributed by atoms with Crippen LogP contribution in [0.1, 0.15) is 36.6 Å². The molecule has 0 spiro atoms. The highest BCUT2D eigenvalue weighted by Crippen LogP contribution is 2.35. The van der Waals surface area contributed by atoms with Crippen molar-refractivity contribution < 1.29 is 9.21 Å². The number of hydrogen-bond donors (Lipinski definition) is 3. The molecule has 1 atom stereocenters. The summed E-state index contributed by atoms with van der Waals surface area (Å²) in [6, 6.07) is 22.7. The standard InChI is InChI=1S/C28H26ClN5O2/c1-3-18-10-4-5-11-19(18)16-30-26(35)24-17(2)31-27(33-25(24)20-12-6-7-13-21(20)29)34-28-32-22-14-8-9-15-23(22)36-28/h4-15,25H,3,16H2,1-2H3,(H,30,35)(H2,31,32,33,34). The molecule has 3 aromatic carbocycles. The normalized spacial score (nSPS) is 15.4. The molecule has 7 nitrogen and oxygen atoms in total. The van der Waals surface area contributed by atoms with Crippen LogP contribution in [0.15, 0.2) is 93.5 Å². The summed E-state index contributed by atoms with van der Waals surface area (Å²) in [7, 11) is 0. The minimum absolute atomic E-state index is 0.208. The van der Waals surface area contributed by atoms with Gasteiger partial charge in [-0.05, 0) is 42.7 Å². The minimum Gasteiger partial charge on any atom is -0.423 e. The van der Waals surface area contributed by atoms with E-state index >= 15 is 0 Å². The van der Waals surface area contributed by atoms with Crippen LogP contribution in [0.5, 0.6) is 0 Å². The topological polar surface area (TPSA) is 91.6 Å². The van der Waals surface area contributed by atoms with Gasteiger partial charge in [0.05, 0.1) is 5.57 Å². The van der Waals surface area contributed by atoms with E-state index in [0.29, 0.717) is 40.4 Å². The van der Waals surface area contributed by atoms with Crippen molar-refractivity contribution >= 4 is 40.6 Å². The number of carbonyl (C=O) groups excluding carboxylic acids is 1. The average molecular weight is 500 g/mol. The van der Waals surface area contributed by atoms with Crippen LogP contribution < -0.4 is 16.0 Å². The first-order valence-electron chi connectivity index (χ1n) is 11.8. The summed E-state index contributed by atoms with van der Waals surface area (Å²) in [6.45, 7) is 4.37. The highest BCUT2D eigenvalue weighted by Gasteiger charge is 2.31. The maximum atomic E-state index is 13.5. The van der Waals surface area contributed by atoms with E-state index < -0.39 is 6.04 Å². The first-order chi connectivity index (χ1) is 17.5. The van der Waals surface area contributed by atoms with Gasteiger partial charge in [0.25, 0.3) is 5.91 Å². The molecule has 8 heteroatoms. The van der Waals surface area contributed by atoms with Crippen molar-refractivity contribution in [1.82, 2.24) is 15.6 Å². The van der Waals surface area contributed by atoms with Crippen LogP contribution in [0.3, 0.4) is 0 Å². The van der Waals surface area contributed by atoms with Crippen LogP contribution in [0.4, 0.5) is 6.01 Å². The van der Waals surface area contributed by atoms with E-state index in [-0.39, 0.29) is 5.91 Å². The number of halogens is 1. The lowest BCUT2D eigenvalue weighted by Crippen LogP contribution is -2.39. The van der Waals surface area contributed by atoms with Gasteiger partial charge < -0.3 is 15.1 Å². The summed E-state index contributed by atoms with van der Waals surface area (Å²) < 4.78 is 5.79. The van der Waals surface area contributed by atoms with Crippen LogP contribution in [0.2, 0.25) is 5.02 Å². The van der Waals surface area contributed by atoms with E-state index in [0.717, 1.165) is 23.1 Å². The number of oxazole rings is 1. The van der Waals surface area contributed by atoms with Gasteiger partial charge in [0, 0.05) is 22.8 Å². The fourth-order valence-corrected chi connectivity index (χ4v) is 4.57. The van der Waals surface area contributed by atoms with Gasteiger partial charge in [0.2, 0.25) is 5.96 Å². The van der Waals surface area contributed by atoms with Crippen LogP contribution in [0, 0.1) is 0 Å². The predicted octanol–water partition coefficient (Wildman–Crippen LogP) is 5.75. The molecular weight excluding hydrogens is 474 g/mol. The molecule has 2 heterocycles. The summed E-state index contributed by atoms with van der Waals surface area (Å²) in [5, 5.41) is 9.91. The van der Waals surface area contributed by atoms with E-state index in [2.05, 4.69) is 33.9 Å². The molecule has 1 aliphatic rings. The van der Waals surface area contributed by atoms with Crippen molar-refractivity contribution in [2.24, 2.45) is 4.99 Å². The molecule has 0 bridgehead atoms. The third-order valence-corrected chi connectivity index (χ3v) is 6.49. The number of guanidine groups is 1. The summed E-state index contributed by atoms with van der Waals surface area (Å²) in [6.07, 6.45) is 0.896. The number of aliphatic imine (C=N–C) groups is 1. The maximum absolute atomic E-state index is 13.5. The Morgan fingerprint density at radius 3 is 2.53 bits per heavy atom. The Morgan fingerprint density at radius 1 is 1.03 bits per heavy atom. The summed E-state index contributed by atoms with van der Waals surface area (Å²) in [4.78, 5) is 22.8. The molecule has 1 unspecified atom stereocenters. The van der Waals surface area contributed by atoms with Crippen molar-refractivity contribution in [3.8, 4) is 0 Å². The van der Waals surface area contributed by atoms with E-state index in [4.69, 9.17) is 21.0 Å². The lowest BCUT2D eigenvalue weighted by Gasteiger charge is -2.27. The SMILES string of the molecule is CCc1ccccc1CNC(=O)C1=C(C)NC(Nc2nc3ccccc3o2)=NC1c1ccccc1Cl. The molecule has 1 amide bonds. The van der Waals surface area contributed by atoms with Crippen LogP contribution in [0.25, 0.3) is 11.1 Å². The number of rotatable bonds is 6. The van der Waals surface area contributed by atoms with E-state index in [1.807, 2.05) is 67.6 Å². The number of carbonyl (C=O) groups is 1. The lowest BCUT2D eigenvalue weighted by atomic mass is 9.95. The molecular formula is C28H26ClN5O2. The van der Waals surface area contributed by atoms with E-state index in [1.54, 1.807) is 6.07 Å². The Morgan fingerprint density at radius 2 is 1.75 bits per heavy atom. The molecule has 1 aliphatic heterocycles. The van der Waals surface area contributed by atoms with E-state index in [1.165, 1.54) is 5.56 Å². The predicted molar refractivity (Wildman–Crippen MR) is 143 cm³/mol. The number of fused-ring (bicyclic) bond motifs is 1. The molecule has 0 radical (unpaired) electrons. The molecule has 0 saturated carbocycles. The molecule has 5 rings (SSSR count). The molecule has 4 aromatic rings. The zero-order chi connectivity index (χ0) is 25.1. The average Bonchev–Trinajstić information content (AvgIpc) is 3.29. The minimum atomic E-state index is -0.617. The summed E-state index contributed by atoms with van der Waals surface area (Å²) >= 11 is 6.55. The zero-order valence-electron chi connectivity index (χ0n) is 20.0. The number of hydrogen-bond acceptors (Lipinski definition) is 6. The van der Waals surface area contributed by atoms with Crippen molar-refractivity contribution in [3.05, 3.63) is 106 Å². The highest BCUT2D eigenvalue weighted by atomic mass is 35.5. The number of nitrogens with zero attached hydrogens (tertiary/aromatic N) is 2. The van der Waals surface area contributed by atoms with Gasteiger partial charge in [-0.15, -0.1) is 0 Å². The van der Waals surface area contributed by atoms with Crippen molar-refractivity contribution in [2.45, 2.75) is 32.9 Å². The molecule has 3 N–H and O–H groups in total. The molecule has 36 heavy (non-hydrogen) atoms. The Bertz CT molecular complexity index is 1460. The fourth-order valence-electron chi connectivity index (χ4n) is 4.33. The second kappa shape index (κ2) is 10.3.